The minimum atomic E-state index is -0.448. The minimum Gasteiger partial charge on any atom is -0.391 e. The maximum Gasteiger partial charge on any atom is 0.0730 e. The van der Waals surface area contributed by atoms with Gasteiger partial charge in [0.2, 0.25) is 0 Å². The molecule has 0 aliphatic heterocycles. The number of aryl methyl sites for hydroxylation is 2. The van der Waals surface area contributed by atoms with Gasteiger partial charge in [0, 0.05) is 0 Å². The van der Waals surface area contributed by atoms with Crippen LogP contribution in [-0.4, -0.2) is 11.2 Å². The number of hydrogen-bond donors (Lipinski definition) is 2. The average molecular weight is 193 g/mol. The molecule has 0 fully saturated rings. The molecule has 0 unspecified atom stereocenters. The van der Waals surface area contributed by atoms with Crippen LogP contribution in [0.25, 0.3) is 0 Å². The lowest BCUT2D eigenvalue weighted by Gasteiger charge is -2.18. The van der Waals surface area contributed by atoms with Gasteiger partial charge in [-0.25, -0.2) is 0 Å². The molecule has 0 radical (unpaired) electrons. The summed E-state index contributed by atoms with van der Waals surface area (Å²) in [6.07, 6.45) is 0.241. The van der Waals surface area contributed by atoms with Gasteiger partial charge in [-0.1, -0.05) is 36.2 Å². The van der Waals surface area contributed by atoms with Gasteiger partial charge in [0.15, 0.2) is 0 Å². The first-order valence-corrected chi connectivity index (χ1v) is 5.06. The number of hydrogen-bond acceptors (Lipinski definition) is 2. The third-order valence-corrected chi connectivity index (χ3v) is 2.46. The van der Waals surface area contributed by atoms with Crippen LogP contribution in [0.3, 0.4) is 0 Å². The van der Waals surface area contributed by atoms with Crippen molar-refractivity contribution in [2.45, 2.75) is 39.3 Å². The first-order chi connectivity index (χ1) is 6.54. The third-order valence-electron chi connectivity index (χ3n) is 2.46. The highest BCUT2D eigenvalue weighted by Crippen LogP contribution is 2.19. The molecular weight excluding hydrogens is 174 g/mol. The second-order valence-electron chi connectivity index (χ2n) is 3.92. The molecule has 14 heavy (non-hydrogen) atoms. The molecule has 0 saturated carbocycles. The summed E-state index contributed by atoms with van der Waals surface area (Å²) in [5, 5.41) is 9.64. The molecule has 0 aliphatic carbocycles. The standard InChI is InChI=1S/C12H19NO/c1-4-11(14)12(13)10-6-8(2)5-9(3)7-10/h5-7,11-12,14H,4,13H2,1-3H3/t11-,12+/m0/s1. The highest BCUT2D eigenvalue weighted by Gasteiger charge is 2.14. The Kier molecular flexibility index (Phi) is 3.67. The van der Waals surface area contributed by atoms with Crippen molar-refractivity contribution in [3.8, 4) is 0 Å². The number of nitrogens with two attached hydrogens (primary N) is 1. The van der Waals surface area contributed by atoms with Crippen LogP contribution in [0.15, 0.2) is 18.2 Å². The van der Waals surface area contributed by atoms with E-state index in [-0.39, 0.29) is 6.04 Å². The second kappa shape index (κ2) is 4.58. The van der Waals surface area contributed by atoms with Gasteiger partial charge in [0.05, 0.1) is 12.1 Å². The van der Waals surface area contributed by atoms with E-state index in [0.29, 0.717) is 6.42 Å². The second-order valence-corrected chi connectivity index (χ2v) is 3.92. The molecule has 1 aromatic carbocycles. The Morgan fingerprint density at radius 1 is 1.21 bits per heavy atom. The van der Waals surface area contributed by atoms with Gasteiger partial charge in [-0.05, 0) is 25.8 Å². The van der Waals surface area contributed by atoms with E-state index in [1.807, 2.05) is 32.9 Å². The highest BCUT2D eigenvalue weighted by molar-refractivity contribution is 5.30. The average Bonchev–Trinajstić information content (AvgIpc) is 2.14. The van der Waals surface area contributed by atoms with Gasteiger partial charge in [-0.15, -0.1) is 0 Å². The first-order valence-electron chi connectivity index (χ1n) is 5.06. The Bertz CT molecular complexity index is 289. The maximum atomic E-state index is 9.64. The van der Waals surface area contributed by atoms with Crippen LogP contribution in [0.4, 0.5) is 0 Å². The van der Waals surface area contributed by atoms with E-state index in [0.717, 1.165) is 5.56 Å². The van der Waals surface area contributed by atoms with E-state index < -0.39 is 6.10 Å². The normalized spacial score (nSPS) is 15.2. The summed E-state index contributed by atoms with van der Waals surface area (Å²) in [5.41, 5.74) is 9.35. The molecule has 0 heterocycles. The molecule has 78 valence electrons. The van der Waals surface area contributed by atoms with Crippen molar-refractivity contribution in [3.05, 3.63) is 34.9 Å². The van der Waals surface area contributed by atoms with Crippen molar-refractivity contribution >= 4 is 0 Å². The Labute approximate surface area is 85.8 Å². The van der Waals surface area contributed by atoms with Crippen LogP contribution < -0.4 is 5.73 Å². The molecule has 0 amide bonds. The zero-order valence-corrected chi connectivity index (χ0v) is 9.12. The zero-order valence-electron chi connectivity index (χ0n) is 9.12. The van der Waals surface area contributed by atoms with Crippen molar-refractivity contribution in [2.24, 2.45) is 5.73 Å². The molecule has 0 spiro atoms. The maximum absolute atomic E-state index is 9.64. The fourth-order valence-electron chi connectivity index (χ4n) is 1.68. The van der Waals surface area contributed by atoms with Gasteiger partial charge < -0.3 is 10.8 Å². The van der Waals surface area contributed by atoms with E-state index >= 15 is 0 Å². The van der Waals surface area contributed by atoms with E-state index in [4.69, 9.17) is 5.73 Å². The smallest absolute Gasteiger partial charge is 0.0730 e. The zero-order chi connectivity index (χ0) is 10.7. The molecular formula is C12H19NO. The van der Waals surface area contributed by atoms with Gasteiger partial charge in [0.25, 0.3) is 0 Å². The molecule has 1 aromatic rings. The summed E-state index contributed by atoms with van der Waals surface area (Å²) in [4.78, 5) is 0. The lowest BCUT2D eigenvalue weighted by molar-refractivity contribution is 0.140. The Hall–Kier alpha value is -0.860. The fraction of sp³-hybridized carbons (Fsp3) is 0.500. The molecule has 0 bridgehead atoms. The number of aliphatic hydroxyl groups is 1. The fourth-order valence-corrected chi connectivity index (χ4v) is 1.68. The summed E-state index contributed by atoms with van der Waals surface area (Å²) in [7, 11) is 0. The van der Waals surface area contributed by atoms with Gasteiger partial charge >= 0.3 is 0 Å². The largest absolute Gasteiger partial charge is 0.391 e. The molecule has 1 rings (SSSR count). The van der Waals surface area contributed by atoms with Crippen molar-refractivity contribution < 1.29 is 5.11 Å². The molecule has 2 atom stereocenters. The molecule has 2 heteroatoms. The van der Waals surface area contributed by atoms with E-state index in [1.54, 1.807) is 0 Å². The lowest BCUT2D eigenvalue weighted by atomic mass is 9.97. The van der Waals surface area contributed by atoms with E-state index in [1.165, 1.54) is 11.1 Å². The monoisotopic (exact) mass is 193 g/mol. The summed E-state index contributed by atoms with van der Waals surface area (Å²) in [6.45, 7) is 6.02. The van der Waals surface area contributed by atoms with Gasteiger partial charge in [-0.3, -0.25) is 0 Å². The van der Waals surface area contributed by atoms with Crippen molar-refractivity contribution in [1.82, 2.24) is 0 Å². The van der Waals surface area contributed by atoms with Crippen LogP contribution in [0.2, 0.25) is 0 Å². The van der Waals surface area contributed by atoms with Crippen LogP contribution in [0, 0.1) is 13.8 Å². The van der Waals surface area contributed by atoms with Crippen LogP contribution in [0.5, 0.6) is 0 Å². The summed E-state index contributed by atoms with van der Waals surface area (Å²) in [6, 6.07) is 5.92. The molecule has 0 aromatic heterocycles. The summed E-state index contributed by atoms with van der Waals surface area (Å²) in [5.74, 6) is 0. The third kappa shape index (κ3) is 2.56. The van der Waals surface area contributed by atoms with Crippen LogP contribution >= 0.6 is 0 Å². The van der Waals surface area contributed by atoms with Gasteiger partial charge in [0.1, 0.15) is 0 Å². The highest BCUT2D eigenvalue weighted by atomic mass is 16.3. The molecule has 0 saturated heterocycles. The molecule has 3 N–H and O–H groups in total. The number of rotatable bonds is 3. The lowest BCUT2D eigenvalue weighted by Crippen LogP contribution is -2.25. The van der Waals surface area contributed by atoms with Crippen LogP contribution in [-0.2, 0) is 0 Å². The SMILES string of the molecule is CC[C@H](O)[C@H](N)c1cc(C)cc(C)c1. The first kappa shape index (κ1) is 11.2. The molecule has 0 aliphatic rings. The van der Waals surface area contributed by atoms with Crippen molar-refractivity contribution in [3.63, 3.8) is 0 Å². The summed E-state index contributed by atoms with van der Waals surface area (Å²) >= 11 is 0. The summed E-state index contributed by atoms with van der Waals surface area (Å²) < 4.78 is 0. The quantitative estimate of drug-likeness (QED) is 0.772. The number of aliphatic hydroxyl groups excluding tert-OH is 1. The Balaban J connectivity index is 2.94. The minimum absolute atomic E-state index is 0.265. The Morgan fingerprint density at radius 3 is 2.14 bits per heavy atom. The van der Waals surface area contributed by atoms with Crippen molar-refractivity contribution in [2.75, 3.05) is 0 Å². The van der Waals surface area contributed by atoms with Crippen molar-refractivity contribution in [1.29, 1.82) is 0 Å². The number of benzene rings is 1. The topological polar surface area (TPSA) is 46.2 Å². The Morgan fingerprint density at radius 2 is 1.71 bits per heavy atom. The van der Waals surface area contributed by atoms with Gasteiger partial charge in [-0.2, -0.15) is 0 Å². The van der Waals surface area contributed by atoms with E-state index in [2.05, 4.69) is 6.07 Å². The predicted octanol–water partition coefficient (Wildman–Crippen LogP) is 2.07. The van der Waals surface area contributed by atoms with E-state index in [9.17, 15) is 5.11 Å². The predicted molar refractivity (Wildman–Crippen MR) is 59.1 cm³/mol. The molecule has 2 nitrogen and oxygen atoms in total. The van der Waals surface area contributed by atoms with Crippen LogP contribution in [0.1, 0.15) is 36.1 Å².